The summed E-state index contributed by atoms with van der Waals surface area (Å²) in [6.45, 7) is 0.248. The minimum Gasteiger partial charge on any atom is -0.482 e. The zero-order valence-electron chi connectivity index (χ0n) is 12.0. The first-order valence-corrected chi connectivity index (χ1v) is 7.01. The second-order valence-electron chi connectivity index (χ2n) is 4.49. The van der Waals surface area contributed by atoms with Crippen molar-refractivity contribution < 1.29 is 9.66 Å². The summed E-state index contributed by atoms with van der Waals surface area (Å²) in [5.74, 6) is 0.193. The first-order chi connectivity index (χ1) is 11.1. The molecule has 2 rings (SSSR count). The maximum atomic E-state index is 11.2. The van der Waals surface area contributed by atoms with E-state index in [1.165, 1.54) is 18.3 Å². The normalized spacial score (nSPS) is 10.4. The number of nitrogens with zero attached hydrogens (tertiary/aromatic N) is 2. The van der Waals surface area contributed by atoms with Crippen molar-refractivity contribution in [2.45, 2.75) is 6.61 Å². The van der Waals surface area contributed by atoms with Crippen LogP contribution in [0.3, 0.4) is 0 Å². The Labute approximate surface area is 137 Å². The van der Waals surface area contributed by atoms with Crippen LogP contribution >= 0.6 is 12.2 Å². The van der Waals surface area contributed by atoms with Crippen LogP contribution < -0.4 is 15.9 Å². The van der Waals surface area contributed by atoms with Gasteiger partial charge in [0.05, 0.1) is 11.1 Å². The lowest BCUT2D eigenvalue weighted by molar-refractivity contribution is -0.385. The molecular weight excluding hydrogens is 316 g/mol. The number of thiocarbonyl (C=S) groups is 1. The third kappa shape index (κ3) is 5.04. The van der Waals surface area contributed by atoms with Gasteiger partial charge in [-0.1, -0.05) is 30.3 Å². The highest BCUT2D eigenvalue weighted by molar-refractivity contribution is 7.80. The average molecular weight is 330 g/mol. The van der Waals surface area contributed by atoms with Crippen molar-refractivity contribution in [3.8, 4) is 5.75 Å². The number of benzene rings is 2. The number of hydrazone groups is 1. The summed E-state index contributed by atoms with van der Waals surface area (Å²) in [7, 11) is 0. The number of nitro groups is 1. The van der Waals surface area contributed by atoms with Gasteiger partial charge >= 0.3 is 5.69 Å². The molecule has 0 bridgehead atoms. The van der Waals surface area contributed by atoms with Crippen LogP contribution in [0.25, 0.3) is 0 Å². The molecule has 0 spiro atoms. The SMILES string of the molecule is NC(=S)NN=Cc1ccc(OCc2ccccc2)c([N+](=O)[O-])c1. The number of ether oxygens (including phenoxy) is 1. The zero-order valence-corrected chi connectivity index (χ0v) is 12.8. The number of hydrogen-bond donors (Lipinski definition) is 2. The second kappa shape index (κ2) is 7.85. The summed E-state index contributed by atoms with van der Waals surface area (Å²) in [5.41, 5.74) is 8.92. The van der Waals surface area contributed by atoms with Gasteiger partial charge in [-0.3, -0.25) is 15.5 Å². The summed E-state index contributed by atoms with van der Waals surface area (Å²) in [4.78, 5) is 10.7. The first kappa shape index (κ1) is 16.4. The zero-order chi connectivity index (χ0) is 16.7. The monoisotopic (exact) mass is 330 g/mol. The summed E-state index contributed by atoms with van der Waals surface area (Å²) in [5, 5.41) is 15.0. The summed E-state index contributed by atoms with van der Waals surface area (Å²) in [6, 6.07) is 14.0. The molecule has 0 aliphatic carbocycles. The lowest BCUT2D eigenvalue weighted by atomic mass is 10.2. The molecule has 0 atom stereocenters. The van der Waals surface area contributed by atoms with Gasteiger partial charge in [0.1, 0.15) is 6.61 Å². The number of nitro benzene ring substituents is 1. The van der Waals surface area contributed by atoms with Gasteiger partial charge in [-0.05, 0) is 29.9 Å². The Bertz CT molecular complexity index is 735. The van der Waals surface area contributed by atoms with Crippen LogP contribution in [0.4, 0.5) is 5.69 Å². The molecule has 0 heterocycles. The summed E-state index contributed by atoms with van der Waals surface area (Å²) < 4.78 is 5.54. The van der Waals surface area contributed by atoms with Crippen molar-refractivity contribution in [1.29, 1.82) is 0 Å². The topological polar surface area (TPSA) is 103 Å². The van der Waals surface area contributed by atoms with Gasteiger partial charge < -0.3 is 10.5 Å². The summed E-state index contributed by atoms with van der Waals surface area (Å²) in [6.07, 6.45) is 1.38. The Morgan fingerprint density at radius 1 is 1.35 bits per heavy atom. The highest BCUT2D eigenvalue weighted by Crippen LogP contribution is 2.28. The third-order valence-corrected chi connectivity index (χ3v) is 2.90. The number of nitrogens with one attached hydrogen (secondary N) is 1. The third-order valence-electron chi connectivity index (χ3n) is 2.81. The van der Waals surface area contributed by atoms with Crippen LogP contribution in [0, 0.1) is 10.1 Å². The van der Waals surface area contributed by atoms with E-state index in [4.69, 9.17) is 10.5 Å². The molecule has 0 saturated carbocycles. The molecule has 0 amide bonds. The van der Waals surface area contributed by atoms with Gasteiger partial charge in [0.15, 0.2) is 10.9 Å². The van der Waals surface area contributed by atoms with Gasteiger partial charge in [0, 0.05) is 11.6 Å². The van der Waals surface area contributed by atoms with Crippen LogP contribution in [-0.4, -0.2) is 16.3 Å². The largest absolute Gasteiger partial charge is 0.482 e. The molecular formula is C15H14N4O3S. The Morgan fingerprint density at radius 3 is 2.74 bits per heavy atom. The molecule has 2 aromatic carbocycles. The molecule has 0 aliphatic heterocycles. The minimum absolute atomic E-state index is 0.0126. The van der Waals surface area contributed by atoms with Crippen LogP contribution in [0.5, 0.6) is 5.75 Å². The van der Waals surface area contributed by atoms with Crippen LogP contribution in [0.2, 0.25) is 0 Å². The molecule has 7 nitrogen and oxygen atoms in total. The quantitative estimate of drug-likeness (QED) is 0.365. The lowest BCUT2D eigenvalue weighted by Gasteiger charge is -2.07. The first-order valence-electron chi connectivity index (χ1n) is 6.60. The van der Waals surface area contributed by atoms with E-state index in [9.17, 15) is 10.1 Å². The van der Waals surface area contributed by atoms with Crippen molar-refractivity contribution in [2.24, 2.45) is 10.8 Å². The van der Waals surface area contributed by atoms with E-state index in [2.05, 4.69) is 22.7 Å². The van der Waals surface area contributed by atoms with E-state index in [-0.39, 0.29) is 23.2 Å². The maximum absolute atomic E-state index is 11.2. The fourth-order valence-electron chi connectivity index (χ4n) is 1.79. The molecule has 0 aromatic heterocycles. The molecule has 0 unspecified atom stereocenters. The van der Waals surface area contributed by atoms with Gasteiger partial charge in [0.2, 0.25) is 0 Å². The number of nitrogens with two attached hydrogens (primary N) is 1. The van der Waals surface area contributed by atoms with Crippen LogP contribution in [0.15, 0.2) is 53.6 Å². The van der Waals surface area contributed by atoms with Gasteiger partial charge in [-0.2, -0.15) is 5.10 Å². The minimum atomic E-state index is -0.501. The van der Waals surface area contributed by atoms with Gasteiger partial charge in [-0.15, -0.1) is 0 Å². The molecule has 0 fully saturated rings. The molecule has 2 aromatic rings. The van der Waals surface area contributed by atoms with Crippen LogP contribution in [-0.2, 0) is 6.61 Å². The fourth-order valence-corrected chi connectivity index (χ4v) is 1.84. The molecule has 0 radical (unpaired) electrons. The number of hydrogen-bond acceptors (Lipinski definition) is 5. The standard InChI is InChI=1S/C15H14N4O3S/c16-15(23)18-17-9-12-6-7-14(13(8-12)19(20)21)22-10-11-4-2-1-3-5-11/h1-9H,10H2,(H3,16,18,23). The predicted molar refractivity (Wildman–Crippen MR) is 91.4 cm³/mol. The Hall–Kier alpha value is -3.00. The fraction of sp³-hybridized carbons (Fsp3) is 0.0667. The molecule has 3 N–H and O–H groups in total. The lowest BCUT2D eigenvalue weighted by Crippen LogP contribution is -2.23. The smallest absolute Gasteiger partial charge is 0.311 e. The Morgan fingerprint density at radius 2 is 2.09 bits per heavy atom. The predicted octanol–water partition coefficient (Wildman–Crippen LogP) is 2.34. The Kier molecular flexibility index (Phi) is 5.59. The second-order valence-corrected chi connectivity index (χ2v) is 4.93. The van der Waals surface area contributed by atoms with Crippen molar-refractivity contribution >= 4 is 29.2 Å². The molecule has 8 heteroatoms. The highest BCUT2D eigenvalue weighted by atomic mass is 32.1. The molecule has 0 saturated heterocycles. The maximum Gasteiger partial charge on any atom is 0.311 e. The van der Waals surface area contributed by atoms with E-state index < -0.39 is 4.92 Å². The van der Waals surface area contributed by atoms with Crippen molar-refractivity contribution in [3.63, 3.8) is 0 Å². The highest BCUT2D eigenvalue weighted by Gasteiger charge is 2.15. The molecule has 0 aliphatic rings. The summed E-state index contributed by atoms with van der Waals surface area (Å²) >= 11 is 4.60. The van der Waals surface area contributed by atoms with E-state index in [1.54, 1.807) is 6.07 Å². The average Bonchev–Trinajstić information content (AvgIpc) is 2.54. The van der Waals surface area contributed by atoms with Crippen molar-refractivity contribution in [2.75, 3.05) is 0 Å². The number of rotatable bonds is 6. The molecule has 23 heavy (non-hydrogen) atoms. The van der Waals surface area contributed by atoms with Gasteiger partial charge in [-0.25, -0.2) is 0 Å². The van der Waals surface area contributed by atoms with Crippen molar-refractivity contribution in [1.82, 2.24) is 5.43 Å². The van der Waals surface area contributed by atoms with E-state index in [0.29, 0.717) is 5.56 Å². The van der Waals surface area contributed by atoms with Crippen molar-refractivity contribution in [3.05, 3.63) is 69.8 Å². The Balaban J connectivity index is 2.14. The van der Waals surface area contributed by atoms with E-state index >= 15 is 0 Å². The van der Waals surface area contributed by atoms with E-state index in [1.807, 2.05) is 30.3 Å². The van der Waals surface area contributed by atoms with Crippen LogP contribution in [0.1, 0.15) is 11.1 Å². The van der Waals surface area contributed by atoms with Gasteiger partial charge in [0.25, 0.3) is 0 Å². The molecule has 118 valence electrons. The van der Waals surface area contributed by atoms with E-state index in [0.717, 1.165) is 5.56 Å².